The number of hydrogen-bond acceptors (Lipinski definition) is 2. The summed E-state index contributed by atoms with van der Waals surface area (Å²) >= 11 is 6.03. The van der Waals surface area contributed by atoms with E-state index in [9.17, 15) is 9.59 Å². The zero-order valence-electron chi connectivity index (χ0n) is 19.3. The average Bonchev–Trinajstić information content (AvgIpc) is 3.25. The van der Waals surface area contributed by atoms with Crippen molar-refractivity contribution in [3.8, 4) is 0 Å². The third-order valence-corrected chi connectivity index (χ3v) is 7.55. The minimum absolute atomic E-state index is 0.00549. The first-order chi connectivity index (χ1) is 17.1. The van der Waals surface area contributed by atoms with Gasteiger partial charge in [0.2, 0.25) is 11.8 Å². The van der Waals surface area contributed by atoms with E-state index >= 15 is 0 Å². The van der Waals surface area contributed by atoms with Crippen molar-refractivity contribution in [2.45, 2.75) is 37.9 Å². The van der Waals surface area contributed by atoms with Crippen LogP contribution >= 0.6 is 11.6 Å². The Morgan fingerprint density at radius 2 is 1.63 bits per heavy atom. The van der Waals surface area contributed by atoms with Gasteiger partial charge in [-0.15, -0.1) is 0 Å². The van der Waals surface area contributed by atoms with E-state index in [0.717, 1.165) is 40.6 Å². The van der Waals surface area contributed by atoms with Crippen LogP contribution in [0.25, 0.3) is 10.9 Å². The number of carbonyl (C=O) groups is 2. The van der Waals surface area contributed by atoms with Gasteiger partial charge >= 0.3 is 0 Å². The quantitative estimate of drug-likeness (QED) is 0.419. The number of aromatic amines is 1. The molecular weight excluding hydrogens is 458 g/mol. The first-order valence-electron chi connectivity index (χ1n) is 12.1. The Morgan fingerprint density at radius 1 is 0.886 bits per heavy atom. The van der Waals surface area contributed by atoms with Crippen LogP contribution in [0.5, 0.6) is 0 Å². The number of hydrogen-bond donors (Lipinski definition) is 1. The highest BCUT2D eigenvalue weighted by molar-refractivity contribution is 6.30. The van der Waals surface area contributed by atoms with E-state index in [1.54, 1.807) is 4.90 Å². The number of amides is 2. The molecule has 6 heteroatoms. The number of carbonyl (C=O) groups excluding carboxylic acids is 2. The lowest BCUT2D eigenvalue weighted by Crippen LogP contribution is -2.62. The molecule has 3 heterocycles. The molecule has 1 N–H and O–H groups in total. The van der Waals surface area contributed by atoms with Crippen LogP contribution in [0.15, 0.2) is 78.9 Å². The van der Waals surface area contributed by atoms with E-state index in [0.29, 0.717) is 18.0 Å². The second-order valence-electron chi connectivity index (χ2n) is 9.44. The fraction of sp³-hybridized carbons (Fsp3) is 0.241. The lowest BCUT2D eigenvalue weighted by molar-refractivity contribution is -0.160. The summed E-state index contributed by atoms with van der Waals surface area (Å²) in [5.41, 5.74) is 5.49. The van der Waals surface area contributed by atoms with Gasteiger partial charge in [0, 0.05) is 34.6 Å². The van der Waals surface area contributed by atoms with Crippen LogP contribution in [0, 0.1) is 0 Å². The predicted octanol–water partition coefficient (Wildman–Crippen LogP) is 5.29. The molecule has 0 radical (unpaired) electrons. The van der Waals surface area contributed by atoms with E-state index in [1.807, 2.05) is 59.5 Å². The Bertz CT molecular complexity index is 1400. The van der Waals surface area contributed by atoms with Gasteiger partial charge in [0.15, 0.2) is 0 Å². The van der Waals surface area contributed by atoms with Crippen LogP contribution in [0.2, 0.25) is 5.02 Å². The van der Waals surface area contributed by atoms with Crippen LogP contribution < -0.4 is 0 Å². The van der Waals surface area contributed by atoms with Crippen molar-refractivity contribution in [1.82, 2.24) is 14.8 Å². The number of fused-ring (bicyclic) bond motifs is 4. The molecule has 35 heavy (non-hydrogen) atoms. The van der Waals surface area contributed by atoms with Gasteiger partial charge in [0.05, 0.1) is 6.04 Å². The molecule has 3 aromatic carbocycles. The van der Waals surface area contributed by atoms with Crippen LogP contribution in [-0.2, 0) is 29.0 Å². The maximum Gasteiger partial charge on any atom is 0.246 e. The number of para-hydroxylation sites is 1. The number of rotatable bonds is 5. The molecule has 0 saturated carbocycles. The van der Waals surface area contributed by atoms with Crippen LogP contribution in [-0.4, -0.2) is 39.2 Å². The molecule has 0 aliphatic carbocycles. The highest BCUT2D eigenvalue weighted by Crippen LogP contribution is 2.41. The average molecular weight is 484 g/mol. The third kappa shape index (κ3) is 4.00. The van der Waals surface area contributed by atoms with Gasteiger partial charge in [-0.05, 0) is 47.7 Å². The normalized spacial score (nSPS) is 19.7. The molecule has 2 amide bonds. The molecule has 0 spiro atoms. The largest absolute Gasteiger partial charge is 0.356 e. The molecule has 1 fully saturated rings. The molecule has 2 aliphatic rings. The van der Waals surface area contributed by atoms with Crippen molar-refractivity contribution in [2.24, 2.45) is 0 Å². The number of nitrogens with one attached hydrogen (secondary N) is 1. The van der Waals surface area contributed by atoms with E-state index in [1.165, 1.54) is 5.56 Å². The summed E-state index contributed by atoms with van der Waals surface area (Å²) < 4.78 is 0. The van der Waals surface area contributed by atoms with Gasteiger partial charge in [-0.25, -0.2) is 0 Å². The third-order valence-electron chi connectivity index (χ3n) is 7.30. The van der Waals surface area contributed by atoms with E-state index in [-0.39, 0.29) is 24.4 Å². The summed E-state index contributed by atoms with van der Waals surface area (Å²) in [5, 5.41) is 1.79. The van der Waals surface area contributed by atoms with E-state index < -0.39 is 6.04 Å². The fourth-order valence-corrected chi connectivity index (χ4v) is 5.76. The minimum atomic E-state index is -0.490. The summed E-state index contributed by atoms with van der Waals surface area (Å²) in [5.74, 6) is 0.0196. The Balaban J connectivity index is 1.35. The lowest BCUT2D eigenvalue weighted by Gasteiger charge is -2.47. The standard InChI is InChI=1S/C29H26ClN3O2/c30-21-13-10-20(11-14-21)17-32-18-27(34)33-25(15-12-19-6-2-1-3-7-19)28-23(16-26(33)29(32)35)22-8-4-5-9-24(22)31-28/h1-11,13-14,25-26,31H,12,15-18H2/t25-,26+/m1/s1. The lowest BCUT2D eigenvalue weighted by atomic mass is 9.86. The highest BCUT2D eigenvalue weighted by atomic mass is 35.5. The zero-order chi connectivity index (χ0) is 23.9. The monoisotopic (exact) mass is 483 g/mol. The van der Waals surface area contributed by atoms with E-state index in [4.69, 9.17) is 11.6 Å². The molecular formula is C29H26ClN3O2. The molecule has 5 nitrogen and oxygen atoms in total. The molecule has 6 rings (SSSR count). The van der Waals surface area contributed by atoms with Crippen molar-refractivity contribution in [3.05, 3.63) is 106 Å². The Kier molecular flexibility index (Phi) is 5.57. The molecule has 176 valence electrons. The van der Waals surface area contributed by atoms with Crippen molar-refractivity contribution in [2.75, 3.05) is 6.54 Å². The van der Waals surface area contributed by atoms with Crippen molar-refractivity contribution in [3.63, 3.8) is 0 Å². The number of halogens is 1. The van der Waals surface area contributed by atoms with E-state index in [2.05, 4.69) is 29.2 Å². The van der Waals surface area contributed by atoms with Gasteiger partial charge in [0.25, 0.3) is 0 Å². The molecule has 2 aliphatic heterocycles. The maximum atomic E-state index is 13.8. The Morgan fingerprint density at radius 3 is 2.43 bits per heavy atom. The van der Waals surface area contributed by atoms with Crippen LogP contribution in [0.4, 0.5) is 0 Å². The number of benzene rings is 3. The fourth-order valence-electron chi connectivity index (χ4n) is 5.64. The summed E-state index contributed by atoms with van der Waals surface area (Å²) in [7, 11) is 0. The van der Waals surface area contributed by atoms with Gasteiger partial charge in [-0.2, -0.15) is 0 Å². The summed E-state index contributed by atoms with van der Waals surface area (Å²) in [6.07, 6.45) is 2.12. The zero-order valence-corrected chi connectivity index (χ0v) is 20.0. The highest BCUT2D eigenvalue weighted by Gasteiger charge is 2.47. The summed E-state index contributed by atoms with van der Waals surface area (Å²) in [6, 6.07) is 25.3. The van der Waals surface area contributed by atoms with Gasteiger partial charge < -0.3 is 14.8 Å². The van der Waals surface area contributed by atoms with Crippen molar-refractivity contribution < 1.29 is 9.59 Å². The SMILES string of the molecule is O=C1[C@@H]2Cc3c([nH]c4ccccc34)[C@@H](CCc3ccccc3)N2C(=O)CN1Cc1ccc(Cl)cc1. The number of piperazine rings is 1. The molecule has 4 aromatic rings. The minimum Gasteiger partial charge on any atom is -0.356 e. The van der Waals surface area contributed by atoms with Crippen molar-refractivity contribution >= 4 is 34.3 Å². The molecule has 0 bridgehead atoms. The van der Waals surface area contributed by atoms with Gasteiger partial charge in [-0.3, -0.25) is 9.59 Å². The van der Waals surface area contributed by atoms with Crippen LogP contribution in [0.1, 0.15) is 34.8 Å². The van der Waals surface area contributed by atoms with Gasteiger partial charge in [0.1, 0.15) is 12.6 Å². The van der Waals surface area contributed by atoms with Crippen LogP contribution in [0.3, 0.4) is 0 Å². The first-order valence-corrected chi connectivity index (χ1v) is 12.4. The Hall–Kier alpha value is -3.57. The number of nitrogens with zero attached hydrogens (tertiary/aromatic N) is 2. The molecule has 0 unspecified atom stereocenters. The smallest absolute Gasteiger partial charge is 0.246 e. The number of aryl methyl sites for hydroxylation is 1. The molecule has 1 saturated heterocycles. The number of aromatic nitrogens is 1. The molecule has 1 aromatic heterocycles. The summed E-state index contributed by atoms with van der Waals surface area (Å²) in [4.78, 5) is 34.5. The first kappa shape index (κ1) is 21.9. The van der Waals surface area contributed by atoms with Crippen molar-refractivity contribution in [1.29, 1.82) is 0 Å². The van der Waals surface area contributed by atoms with Gasteiger partial charge in [-0.1, -0.05) is 72.3 Å². The molecule has 2 atom stereocenters. The topological polar surface area (TPSA) is 56.4 Å². The Labute approximate surface area is 209 Å². The number of H-pyrrole nitrogens is 1. The summed E-state index contributed by atoms with van der Waals surface area (Å²) in [6.45, 7) is 0.497. The second-order valence-corrected chi connectivity index (χ2v) is 9.88. The second kappa shape index (κ2) is 8.90. The predicted molar refractivity (Wildman–Crippen MR) is 137 cm³/mol. The maximum absolute atomic E-state index is 13.8.